The van der Waals surface area contributed by atoms with E-state index >= 15 is 0 Å². The zero-order chi connectivity index (χ0) is 13.7. The smallest absolute Gasteiger partial charge is 0.196 e. The van der Waals surface area contributed by atoms with Gasteiger partial charge in [0.25, 0.3) is 0 Å². The normalized spacial score (nSPS) is 12.1. The van der Waals surface area contributed by atoms with Gasteiger partial charge in [0.15, 0.2) is 5.12 Å². The molecule has 2 aromatic rings. The van der Waals surface area contributed by atoms with Crippen LogP contribution in [0.2, 0.25) is 5.02 Å². The van der Waals surface area contributed by atoms with Crippen LogP contribution in [0.3, 0.4) is 0 Å². The molecule has 0 bridgehead atoms. The molecule has 0 radical (unpaired) electrons. The summed E-state index contributed by atoms with van der Waals surface area (Å²) in [7, 11) is 0. The summed E-state index contributed by atoms with van der Waals surface area (Å²) in [5.41, 5.74) is 0.662. The van der Waals surface area contributed by atoms with Crippen LogP contribution in [0.1, 0.15) is 18.1 Å². The van der Waals surface area contributed by atoms with Gasteiger partial charge in [0.05, 0.1) is 6.10 Å². The first-order chi connectivity index (χ1) is 9.15. The first-order valence-corrected chi connectivity index (χ1v) is 7.04. The maximum Gasteiger partial charge on any atom is 0.196 e. The van der Waals surface area contributed by atoms with Gasteiger partial charge in [0.2, 0.25) is 0 Å². The molecule has 0 aliphatic rings. The van der Waals surface area contributed by atoms with Crippen LogP contribution in [0.15, 0.2) is 59.5 Å². The average Bonchev–Trinajstić information content (AvgIpc) is 2.39. The minimum atomic E-state index is -0.817. The van der Waals surface area contributed by atoms with Gasteiger partial charge in [-0.05, 0) is 29.8 Å². The van der Waals surface area contributed by atoms with Gasteiger partial charge in [0.1, 0.15) is 0 Å². The first-order valence-electron chi connectivity index (χ1n) is 5.84. The molecule has 4 heteroatoms. The van der Waals surface area contributed by atoms with Gasteiger partial charge < -0.3 is 5.11 Å². The van der Waals surface area contributed by atoms with Crippen molar-refractivity contribution in [3.05, 3.63) is 65.2 Å². The molecule has 0 heterocycles. The van der Waals surface area contributed by atoms with Crippen LogP contribution >= 0.6 is 23.4 Å². The SMILES string of the molecule is O=C(CC(O)c1cccc(Cl)c1)Sc1ccccc1. The number of carbonyl (C=O) groups is 1. The standard InChI is InChI=1S/C15H13ClO2S/c16-12-6-4-5-11(9-12)14(17)10-15(18)19-13-7-2-1-3-8-13/h1-9,14,17H,10H2. The molecule has 2 rings (SSSR count). The van der Waals surface area contributed by atoms with Crippen LogP contribution in [-0.2, 0) is 4.79 Å². The van der Waals surface area contributed by atoms with E-state index in [4.69, 9.17) is 11.6 Å². The fraction of sp³-hybridized carbons (Fsp3) is 0.133. The molecule has 1 N–H and O–H groups in total. The number of hydrogen-bond donors (Lipinski definition) is 1. The Labute approximate surface area is 121 Å². The van der Waals surface area contributed by atoms with Crippen LogP contribution in [0, 0.1) is 0 Å². The Hall–Kier alpha value is -1.29. The summed E-state index contributed by atoms with van der Waals surface area (Å²) in [6.07, 6.45) is -0.748. The van der Waals surface area contributed by atoms with E-state index in [1.54, 1.807) is 24.3 Å². The summed E-state index contributed by atoms with van der Waals surface area (Å²) in [5, 5.41) is 10.5. The van der Waals surface area contributed by atoms with E-state index in [9.17, 15) is 9.90 Å². The average molecular weight is 293 g/mol. The predicted molar refractivity (Wildman–Crippen MR) is 78.3 cm³/mol. The quantitative estimate of drug-likeness (QED) is 0.863. The monoisotopic (exact) mass is 292 g/mol. The van der Waals surface area contributed by atoms with Gasteiger partial charge in [-0.1, -0.05) is 53.7 Å². The lowest BCUT2D eigenvalue weighted by Gasteiger charge is -2.10. The number of thioether (sulfide) groups is 1. The van der Waals surface area contributed by atoms with Crippen LogP contribution in [0.25, 0.3) is 0 Å². The lowest BCUT2D eigenvalue weighted by molar-refractivity contribution is -0.112. The molecule has 0 aliphatic heterocycles. The van der Waals surface area contributed by atoms with E-state index in [1.807, 2.05) is 30.3 Å². The van der Waals surface area contributed by atoms with Crippen molar-refractivity contribution >= 4 is 28.5 Å². The van der Waals surface area contributed by atoms with Crippen molar-refractivity contribution in [3.63, 3.8) is 0 Å². The van der Waals surface area contributed by atoms with Gasteiger partial charge in [0, 0.05) is 16.3 Å². The number of aliphatic hydroxyl groups excluding tert-OH is 1. The van der Waals surface area contributed by atoms with Gasteiger partial charge in [-0.25, -0.2) is 0 Å². The van der Waals surface area contributed by atoms with E-state index in [1.165, 1.54) is 0 Å². The lowest BCUT2D eigenvalue weighted by Crippen LogP contribution is -2.03. The van der Waals surface area contributed by atoms with Crippen molar-refractivity contribution < 1.29 is 9.90 Å². The third kappa shape index (κ3) is 4.39. The minimum absolute atomic E-state index is 0.0693. The fourth-order valence-electron chi connectivity index (χ4n) is 1.65. The molecule has 98 valence electrons. The maximum atomic E-state index is 11.9. The van der Waals surface area contributed by atoms with Crippen LogP contribution in [0.4, 0.5) is 0 Å². The van der Waals surface area contributed by atoms with Crippen molar-refractivity contribution in [2.75, 3.05) is 0 Å². The molecule has 0 amide bonds. The Balaban J connectivity index is 1.95. The molecule has 2 aromatic carbocycles. The van der Waals surface area contributed by atoms with Gasteiger partial charge in [-0.2, -0.15) is 0 Å². The van der Waals surface area contributed by atoms with E-state index in [0.29, 0.717) is 10.6 Å². The van der Waals surface area contributed by atoms with Crippen LogP contribution in [0.5, 0.6) is 0 Å². The first kappa shape index (κ1) is 14.1. The lowest BCUT2D eigenvalue weighted by atomic mass is 10.1. The number of aliphatic hydroxyl groups is 1. The molecule has 1 unspecified atom stereocenters. The summed E-state index contributed by atoms with van der Waals surface area (Å²) in [6, 6.07) is 16.3. The highest BCUT2D eigenvalue weighted by molar-refractivity contribution is 8.13. The van der Waals surface area contributed by atoms with Crippen molar-refractivity contribution in [1.29, 1.82) is 0 Å². The van der Waals surface area contributed by atoms with Gasteiger partial charge in [-0.15, -0.1) is 0 Å². The largest absolute Gasteiger partial charge is 0.388 e. The highest BCUT2D eigenvalue weighted by Gasteiger charge is 2.14. The molecule has 19 heavy (non-hydrogen) atoms. The highest BCUT2D eigenvalue weighted by atomic mass is 35.5. The molecule has 0 aromatic heterocycles. The van der Waals surface area contributed by atoms with E-state index in [-0.39, 0.29) is 11.5 Å². The molecule has 1 atom stereocenters. The topological polar surface area (TPSA) is 37.3 Å². The summed E-state index contributed by atoms with van der Waals surface area (Å²) in [6.45, 7) is 0. The Kier molecular flexibility index (Phi) is 5.02. The van der Waals surface area contributed by atoms with Crippen molar-refractivity contribution in [3.8, 4) is 0 Å². The van der Waals surface area contributed by atoms with Gasteiger partial charge >= 0.3 is 0 Å². The highest BCUT2D eigenvalue weighted by Crippen LogP contribution is 2.26. The second kappa shape index (κ2) is 6.75. The summed E-state index contributed by atoms with van der Waals surface area (Å²) < 4.78 is 0. The number of rotatable bonds is 4. The molecule has 0 aliphatic carbocycles. The van der Waals surface area contributed by atoms with Gasteiger partial charge in [-0.3, -0.25) is 4.79 Å². The third-order valence-electron chi connectivity index (χ3n) is 2.57. The summed E-state index contributed by atoms with van der Waals surface area (Å²) >= 11 is 6.99. The minimum Gasteiger partial charge on any atom is -0.388 e. The van der Waals surface area contributed by atoms with E-state index in [0.717, 1.165) is 16.7 Å². The summed E-state index contributed by atoms with van der Waals surface area (Å²) in [5.74, 6) is 0. The van der Waals surface area contributed by atoms with E-state index < -0.39 is 6.10 Å². The predicted octanol–water partition coefficient (Wildman–Crippen LogP) is 4.08. The molecule has 0 spiro atoms. The van der Waals surface area contributed by atoms with Crippen molar-refractivity contribution in [1.82, 2.24) is 0 Å². The second-order valence-corrected chi connectivity index (χ2v) is 5.63. The number of halogens is 1. The van der Waals surface area contributed by atoms with E-state index in [2.05, 4.69) is 0 Å². The number of carbonyl (C=O) groups excluding carboxylic acids is 1. The molecule has 0 fully saturated rings. The number of hydrogen-bond acceptors (Lipinski definition) is 3. The van der Waals surface area contributed by atoms with Crippen molar-refractivity contribution in [2.24, 2.45) is 0 Å². The Morgan fingerprint density at radius 1 is 1.16 bits per heavy atom. The Morgan fingerprint density at radius 2 is 1.89 bits per heavy atom. The Bertz CT molecular complexity index is 557. The zero-order valence-electron chi connectivity index (χ0n) is 10.1. The van der Waals surface area contributed by atoms with Crippen molar-refractivity contribution in [2.45, 2.75) is 17.4 Å². The molecule has 0 saturated carbocycles. The van der Waals surface area contributed by atoms with Crippen LogP contribution < -0.4 is 0 Å². The Morgan fingerprint density at radius 3 is 2.58 bits per heavy atom. The van der Waals surface area contributed by atoms with Crippen LogP contribution in [-0.4, -0.2) is 10.2 Å². The molecular weight excluding hydrogens is 280 g/mol. The number of benzene rings is 2. The molecule has 2 nitrogen and oxygen atoms in total. The third-order valence-corrected chi connectivity index (χ3v) is 3.71. The summed E-state index contributed by atoms with van der Waals surface area (Å²) in [4.78, 5) is 12.7. The molecular formula is C15H13ClO2S. The zero-order valence-corrected chi connectivity index (χ0v) is 11.7. The second-order valence-electron chi connectivity index (χ2n) is 4.06. The maximum absolute atomic E-state index is 11.9. The fourth-order valence-corrected chi connectivity index (χ4v) is 2.65. The molecule has 0 saturated heterocycles.